The van der Waals surface area contributed by atoms with E-state index in [4.69, 9.17) is 14.5 Å². The van der Waals surface area contributed by atoms with Crippen LogP contribution >= 0.6 is 0 Å². The minimum atomic E-state index is -2.86. The van der Waals surface area contributed by atoms with E-state index in [9.17, 15) is 4.79 Å². The molecule has 2 aliphatic rings. The molecule has 0 N–H and O–H groups in total. The average molecular weight is 538 g/mol. The number of thiol groups is 1. The normalized spacial score (nSPS) is 21.6. The first-order valence-corrected chi connectivity index (χ1v) is 15.6. The van der Waals surface area contributed by atoms with E-state index < -0.39 is 15.7 Å². The number of amides is 1. The monoisotopic (exact) mass is 537 g/mol. The summed E-state index contributed by atoms with van der Waals surface area (Å²) in [6.45, 7) is 20.3. The van der Waals surface area contributed by atoms with Gasteiger partial charge in [-0.15, -0.1) is 0 Å². The van der Waals surface area contributed by atoms with Crippen LogP contribution in [0.4, 0.5) is 10.6 Å². The number of aryl methyl sites for hydroxylation is 1. The molecule has 1 saturated heterocycles. The van der Waals surface area contributed by atoms with Crippen LogP contribution < -0.4 is 4.31 Å². The number of pyridine rings is 1. The third-order valence-electron chi connectivity index (χ3n) is 7.38. The zero-order valence-electron chi connectivity index (χ0n) is 24.7. The molecule has 2 aliphatic heterocycles. The summed E-state index contributed by atoms with van der Waals surface area (Å²) in [6.07, 6.45) is 7.35. The van der Waals surface area contributed by atoms with Gasteiger partial charge in [-0.2, -0.15) is 0 Å². The Labute approximate surface area is 226 Å². The maximum Gasteiger partial charge on any atom is 0.410 e. The zero-order valence-corrected chi connectivity index (χ0v) is 25.6. The summed E-state index contributed by atoms with van der Waals surface area (Å²) in [7, 11) is -2.86. The summed E-state index contributed by atoms with van der Waals surface area (Å²) in [6, 6.07) is 4.32. The molecule has 0 aromatic carbocycles. The number of ether oxygens (including phenoxy) is 2. The number of carbonyl (C=O) groups is 1. The number of likely N-dealkylation sites (tertiary alicyclic amines) is 1. The Hall–Kier alpha value is -1.67. The van der Waals surface area contributed by atoms with Crippen LogP contribution in [0, 0.1) is 0 Å². The molecule has 1 fully saturated rings. The second kappa shape index (κ2) is 11.2. The third kappa shape index (κ3) is 6.86. The van der Waals surface area contributed by atoms with E-state index in [1.54, 1.807) is 4.90 Å². The first-order valence-electron chi connectivity index (χ1n) is 14.0. The Kier molecular flexibility index (Phi) is 9.05. The number of unbranched alkanes of at least 4 members (excludes halogenated alkanes) is 1. The van der Waals surface area contributed by atoms with Gasteiger partial charge in [0.1, 0.15) is 11.4 Å². The van der Waals surface area contributed by atoms with Crippen molar-refractivity contribution in [2.45, 2.75) is 128 Å². The first kappa shape index (κ1) is 29.9. The number of aromatic nitrogens is 1. The van der Waals surface area contributed by atoms with Crippen LogP contribution in [0.15, 0.2) is 18.3 Å². The smallest absolute Gasteiger partial charge is 0.410 e. The number of fused-ring (bicyclic) bond motifs is 1. The van der Waals surface area contributed by atoms with Gasteiger partial charge in [0, 0.05) is 34.9 Å². The number of anilines is 1. The van der Waals surface area contributed by atoms with E-state index in [0.29, 0.717) is 19.7 Å². The van der Waals surface area contributed by atoms with Crippen LogP contribution in [0.2, 0.25) is 0 Å². The Morgan fingerprint density at radius 3 is 2.35 bits per heavy atom. The first-order chi connectivity index (χ1) is 17.0. The number of hydrogen-bond donors (Lipinski definition) is 1. The molecule has 0 radical (unpaired) electrons. The topological polar surface area (TPSA) is 72.0 Å². The second-order valence-corrected chi connectivity index (χ2v) is 17.9. The lowest BCUT2D eigenvalue weighted by Gasteiger charge is -2.57. The number of rotatable bonds is 7. The van der Waals surface area contributed by atoms with Crippen LogP contribution in [0.3, 0.4) is 0 Å². The van der Waals surface area contributed by atoms with Crippen molar-refractivity contribution >= 4 is 22.0 Å². The van der Waals surface area contributed by atoms with Crippen molar-refractivity contribution in [1.29, 1.82) is 0 Å². The van der Waals surface area contributed by atoms with Crippen LogP contribution in [0.25, 0.3) is 0 Å². The van der Waals surface area contributed by atoms with Crippen molar-refractivity contribution in [3.05, 3.63) is 23.9 Å². The molecule has 0 spiro atoms. The summed E-state index contributed by atoms with van der Waals surface area (Å²) < 4.78 is 28.2. The highest BCUT2D eigenvalue weighted by atomic mass is 32.3. The van der Waals surface area contributed by atoms with Crippen molar-refractivity contribution in [1.82, 2.24) is 9.88 Å². The fourth-order valence-electron chi connectivity index (χ4n) is 5.82. The maximum atomic E-state index is 15.0. The molecule has 3 heterocycles. The average Bonchev–Trinajstić information content (AvgIpc) is 3.24. The molecule has 2 atom stereocenters. The van der Waals surface area contributed by atoms with E-state index in [1.807, 2.05) is 33.0 Å². The predicted octanol–water partition coefficient (Wildman–Crippen LogP) is 5.93. The van der Waals surface area contributed by atoms with Gasteiger partial charge in [0.2, 0.25) is 0 Å². The summed E-state index contributed by atoms with van der Waals surface area (Å²) >= 11 is 0. The lowest BCUT2D eigenvalue weighted by Crippen LogP contribution is -2.63. The largest absolute Gasteiger partial charge is 0.444 e. The summed E-state index contributed by atoms with van der Waals surface area (Å²) in [5.41, 5.74) is 0.717. The Morgan fingerprint density at radius 2 is 1.73 bits per heavy atom. The molecule has 1 aromatic heterocycles. The molecule has 0 bridgehead atoms. The van der Waals surface area contributed by atoms with Crippen LogP contribution in [-0.4, -0.2) is 67.1 Å². The molecule has 212 valence electrons. The molecule has 37 heavy (non-hydrogen) atoms. The standard InChI is InChI=1S/C29H51N3O4S/c1-27(2,3)36-26(33)31-19-17-24(21-31)35-20-11-10-14-23-16-15-22-13-12-18-30-25(22)32(23)37(34,28(4,5)6)29(7,8)9/h12-13,18,23-24,37H,10-11,14-17,19-21H2,1-9H3/t23-,24-/m1/s1. The van der Waals surface area contributed by atoms with Crippen LogP contribution in [0.1, 0.15) is 100.0 Å². The van der Waals surface area contributed by atoms with E-state index in [2.05, 4.69) is 51.9 Å². The lowest BCUT2D eigenvalue weighted by molar-refractivity contribution is 0.0206. The molecular formula is C29H51N3O4S. The fourth-order valence-corrected chi connectivity index (χ4v) is 10.3. The van der Waals surface area contributed by atoms with Gasteiger partial charge in [0.15, 0.2) is 0 Å². The van der Waals surface area contributed by atoms with E-state index in [1.165, 1.54) is 5.56 Å². The van der Waals surface area contributed by atoms with Gasteiger partial charge in [-0.1, -0.05) is 6.07 Å². The van der Waals surface area contributed by atoms with Crippen molar-refractivity contribution in [3.63, 3.8) is 0 Å². The number of carbonyl (C=O) groups excluding carboxylic acids is 1. The molecular weight excluding hydrogens is 486 g/mol. The number of hydrogen-bond acceptors (Lipinski definition) is 5. The summed E-state index contributed by atoms with van der Waals surface area (Å²) in [5.74, 6) is 0.913. The van der Waals surface area contributed by atoms with E-state index in [0.717, 1.165) is 44.3 Å². The van der Waals surface area contributed by atoms with Crippen molar-refractivity contribution in [2.75, 3.05) is 24.0 Å². The Bertz CT molecular complexity index is 959. The molecule has 1 aromatic rings. The van der Waals surface area contributed by atoms with Gasteiger partial charge in [-0.3, -0.25) is 8.51 Å². The molecule has 0 saturated carbocycles. The van der Waals surface area contributed by atoms with Crippen molar-refractivity contribution in [3.8, 4) is 0 Å². The molecule has 0 unspecified atom stereocenters. The van der Waals surface area contributed by atoms with Gasteiger partial charge >= 0.3 is 6.09 Å². The third-order valence-corrected chi connectivity index (χ3v) is 12.1. The Balaban J connectivity index is 1.60. The SMILES string of the molecule is CC(C)(C)OC(=O)N1CC[C@@H](OCCCC[C@@H]2CCc3cccnc3N2[SH](=O)(C(C)(C)C)C(C)(C)C)C1. The van der Waals surface area contributed by atoms with Gasteiger partial charge < -0.3 is 14.4 Å². The highest BCUT2D eigenvalue weighted by Gasteiger charge is 2.49. The molecule has 8 heteroatoms. The maximum absolute atomic E-state index is 15.0. The van der Waals surface area contributed by atoms with Gasteiger partial charge in [-0.05, 0) is 123 Å². The van der Waals surface area contributed by atoms with Crippen molar-refractivity contribution < 1.29 is 18.5 Å². The van der Waals surface area contributed by atoms with Gasteiger partial charge in [0.05, 0.1) is 12.6 Å². The molecule has 7 nitrogen and oxygen atoms in total. The Morgan fingerprint density at radius 1 is 1.05 bits per heavy atom. The highest BCUT2D eigenvalue weighted by molar-refractivity contribution is 8.06. The highest BCUT2D eigenvalue weighted by Crippen LogP contribution is 2.46. The quantitative estimate of drug-likeness (QED) is 0.345. The van der Waals surface area contributed by atoms with E-state index >= 15 is 4.21 Å². The summed E-state index contributed by atoms with van der Waals surface area (Å²) in [5, 5.41) is 0. The zero-order chi connectivity index (χ0) is 27.6. The summed E-state index contributed by atoms with van der Waals surface area (Å²) in [4.78, 5) is 18.8. The van der Waals surface area contributed by atoms with E-state index in [-0.39, 0.29) is 27.7 Å². The molecule has 1 amide bonds. The minimum absolute atomic E-state index is 0.0665. The number of nitrogens with zero attached hydrogens (tertiary/aromatic N) is 3. The van der Waals surface area contributed by atoms with Gasteiger partial charge in [0.25, 0.3) is 0 Å². The minimum Gasteiger partial charge on any atom is -0.444 e. The molecule has 3 rings (SSSR count). The predicted molar refractivity (Wildman–Crippen MR) is 154 cm³/mol. The second-order valence-electron chi connectivity index (χ2n) is 13.6. The fraction of sp³-hybridized carbons (Fsp3) is 0.793. The van der Waals surface area contributed by atoms with Crippen LogP contribution in [-0.2, 0) is 26.0 Å². The lowest BCUT2D eigenvalue weighted by atomic mass is 9.97. The van der Waals surface area contributed by atoms with Crippen LogP contribution in [0.5, 0.6) is 0 Å². The van der Waals surface area contributed by atoms with Gasteiger partial charge in [-0.25, -0.2) is 9.78 Å². The molecule has 0 aliphatic carbocycles. The van der Waals surface area contributed by atoms with Crippen molar-refractivity contribution in [2.24, 2.45) is 0 Å².